The molecular weight excluding hydrogens is 176 g/mol. The number of hydrogen-bond donors (Lipinski definition) is 1. The summed E-state index contributed by atoms with van der Waals surface area (Å²) in [5.74, 6) is 0.575. The Morgan fingerprint density at radius 3 is 3.08 bits per heavy atom. The van der Waals surface area contributed by atoms with E-state index in [-0.39, 0.29) is 0 Å². The Bertz CT molecular complexity index is 163. The van der Waals surface area contributed by atoms with Gasteiger partial charge < -0.3 is 10.2 Å². The molecular formula is C8H15ClN2O. The van der Waals surface area contributed by atoms with Crippen LogP contribution in [0.15, 0.2) is 0 Å². The molecule has 1 saturated heterocycles. The van der Waals surface area contributed by atoms with Crippen LogP contribution in [0.3, 0.4) is 0 Å². The predicted molar refractivity (Wildman–Crippen MR) is 49.5 cm³/mol. The van der Waals surface area contributed by atoms with Gasteiger partial charge in [-0.2, -0.15) is 0 Å². The number of piperidine rings is 1. The van der Waals surface area contributed by atoms with E-state index in [0.717, 1.165) is 6.54 Å². The van der Waals surface area contributed by atoms with Gasteiger partial charge in [0.25, 0.3) is 0 Å². The molecule has 70 valence electrons. The summed E-state index contributed by atoms with van der Waals surface area (Å²) >= 11 is 5.17. The molecule has 0 spiro atoms. The highest BCUT2D eigenvalue weighted by molar-refractivity contribution is 6.62. The zero-order chi connectivity index (χ0) is 8.97. The summed E-state index contributed by atoms with van der Waals surface area (Å²) in [5.41, 5.74) is 0. The van der Waals surface area contributed by atoms with Crippen molar-refractivity contribution in [3.63, 3.8) is 0 Å². The van der Waals surface area contributed by atoms with Crippen LogP contribution in [0.1, 0.15) is 12.8 Å². The van der Waals surface area contributed by atoms with Crippen molar-refractivity contribution >= 4 is 17.0 Å². The van der Waals surface area contributed by atoms with E-state index in [1.807, 2.05) is 0 Å². The third kappa shape index (κ3) is 3.41. The van der Waals surface area contributed by atoms with E-state index in [9.17, 15) is 4.79 Å². The lowest BCUT2D eigenvalue weighted by Crippen LogP contribution is -2.37. The Balaban J connectivity index is 2.18. The van der Waals surface area contributed by atoms with E-state index < -0.39 is 5.37 Å². The van der Waals surface area contributed by atoms with Gasteiger partial charge in [-0.05, 0) is 44.0 Å². The molecule has 1 unspecified atom stereocenters. The van der Waals surface area contributed by atoms with Crippen LogP contribution < -0.4 is 5.32 Å². The van der Waals surface area contributed by atoms with Crippen LogP contribution in [-0.4, -0.2) is 36.9 Å². The van der Waals surface area contributed by atoms with Gasteiger partial charge in [-0.15, -0.1) is 0 Å². The number of halogens is 1. The summed E-state index contributed by atoms with van der Waals surface area (Å²) in [6.45, 7) is 2.95. The first kappa shape index (κ1) is 9.81. The van der Waals surface area contributed by atoms with Gasteiger partial charge in [0.2, 0.25) is 0 Å². The fourth-order valence-corrected chi connectivity index (χ4v) is 1.74. The predicted octanol–water partition coefficient (Wildman–Crippen LogP) is 1.28. The molecule has 0 bridgehead atoms. The van der Waals surface area contributed by atoms with Crippen molar-refractivity contribution < 1.29 is 4.79 Å². The smallest absolute Gasteiger partial charge is 0.313 e. The van der Waals surface area contributed by atoms with E-state index >= 15 is 0 Å². The molecule has 1 amide bonds. The molecule has 12 heavy (non-hydrogen) atoms. The van der Waals surface area contributed by atoms with Crippen molar-refractivity contribution in [2.45, 2.75) is 12.8 Å². The molecule has 1 aliphatic heterocycles. The Hall–Kier alpha value is -0.280. The molecule has 0 aliphatic carbocycles. The molecule has 1 N–H and O–H groups in total. The Morgan fingerprint density at radius 1 is 1.75 bits per heavy atom. The maximum absolute atomic E-state index is 10.4. The average molecular weight is 191 g/mol. The minimum atomic E-state index is -0.441. The molecule has 0 radical (unpaired) electrons. The Kier molecular flexibility index (Phi) is 3.82. The van der Waals surface area contributed by atoms with Crippen molar-refractivity contribution in [1.29, 1.82) is 0 Å². The lowest BCUT2D eigenvalue weighted by Gasteiger charge is -2.29. The van der Waals surface area contributed by atoms with E-state index in [1.54, 1.807) is 0 Å². The average Bonchev–Trinajstić information content (AvgIpc) is 2.01. The highest BCUT2D eigenvalue weighted by Crippen LogP contribution is 2.13. The zero-order valence-electron chi connectivity index (χ0n) is 7.35. The summed E-state index contributed by atoms with van der Waals surface area (Å²) in [4.78, 5) is 12.7. The van der Waals surface area contributed by atoms with Crippen LogP contribution in [0.5, 0.6) is 0 Å². The lowest BCUT2D eigenvalue weighted by atomic mass is 9.99. The van der Waals surface area contributed by atoms with Gasteiger partial charge in [-0.25, -0.2) is 0 Å². The van der Waals surface area contributed by atoms with Crippen LogP contribution in [0, 0.1) is 5.92 Å². The van der Waals surface area contributed by atoms with Crippen molar-refractivity contribution in [2.75, 3.05) is 26.7 Å². The minimum Gasteiger partial charge on any atom is -0.342 e. The first-order valence-corrected chi connectivity index (χ1v) is 4.68. The van der Waals surface area contributed by atoms with Gasteiger partial charge in [0, 0.05) is 13.1 Å². The molecule has 1 rings (SSSR count). The maximum Gasteiger partial charge on any atom is 0.313 e. The molecule has 0 aromatic heterocycles. The second-order valence-corrected chi connectivity index (χ2v) is 3.77. The Morgan fingerprint density at radius 2 is 2.50 bits per heavy atom. The highest BCUT2D eigenvalue weighted by atomic mass is 35.5. The number of carbonyl (C=O) groups excluding carboxylic acids is 1. The monoisotopic (exact) mass is 190 g/mol. The summed E-state index contributed by atoms with van der Waals surface area (Å²) < 4.78 is 0. The number of nitrogens with zero attached hydrogens (tertiary/aromatic N) is 1. The topological polar surface area (TPSA) is 32.3 Å². The fourth-order valence-electron chi connectivity index (χ4n) is 1.66. The van der Waals surface area contributed by atoms with E-state index in [2.05, 4.69) is 17.3 Å². The lowest BCUT2D eigenvalue weighted by molar-refractivity contribution is 0.206. The van der Waals surface area contributed by atoms with E-state index in [4.69, 9.17) is 11.6 Å². The van der Waals surface area contributed by atoms with Gasteiger partial charge in [-0.3, -0.25) is 4.79 Å². The van der Waals surface area contributed by atoms with Gasteiger partial charge in [-0.1, -0.05) is 0 Å². The summed E-state index contributed by atoms with van der Waals surface area (Å²) in [6, 6.07) is 0. The quantitative estimate of drug-likeness (QED) is 0.526. The molecule has 0 saturated carbocycles. The van der Waals surface area contributed by atoms with E-state index in [1.165, 1.54) is 19.4 Å². The first-order valence-electron chi connectivity index (χ1n) is 4.30. The largest absolute Gasteiger partial charge is 0.342 e. The number of amides is 1. The molecule has 1 fully saturated rings. The fraction of sp³-hybridized carbons (Fsp3) is 0.875. The number of carbonyl (C=O) groups is 1. The number of likely N-dealkylation sites (tertiary alicyclic amines) is 1. The van der Waals surface area contributed by atoms with E-state index in [0.29, 0.717) is 12.5 Å². The van der Waals surface area contributed by atoms with Gasteiger partial charge >= 0.3 is 5.37 Å². The molecule has 3 nitrogen and oxygen atoms in total. The van der Waals surface area contributed by atoms with Crippen molar-refractivity contribution in [3.05, 3.63) is 0 Å². The maximum atomic E-state index is 10.4. The summed E-state index contributed by atoms with van der Waals surface area (Å²) in [5, 5.41) is 2.19. The SMILES string of the molecule is CN1CCCC(CNC(=O)Cl)C1. The second kappa shape index (κ2) is 4.67. The molecule has 4 heteroatoms. The van der Waals surface area contributed by atoms with Crippen LogP contribution in [0.25, 0.3) is 0 Å². The molecule has 1 atom stereocenters. The van der Waals surface area contributed by atoms with Crippen LogP contribution in [0.2, 0.25) is 0 Å². The van der Waals surface area contributed by atoms with Crippen LogP contribution in [0.4, 0.5) is 4.79 Å². The van der Waals surface area contributed by atoms with Gasteiger partial charge in [0.1, 0.15) is 0 Å². The van der Waals surface area contributed by atoms with Gasteiger partial charge in [0.05, 0.1) is 0 Å². The van der Waals surface area contributed by atoms with Gasteiger partial charge in [0.15, 0.2) is 0 Å². The van der Waals surface area contributed by atoms with Crippen molar-refractivity contribution in [1.82, 2.24) is 10.2 Å². The summed E-state index contributed by atoms with van der Waals surface area (Å²) in [6.07, 6.45) is 2.42. The van der Waals surface area contributed by atoms with Crippen LogP contribution >= 0.6 is 11.6 Å². The molecule has 1 heterocycles. The second-order valence-electron chi connectivity index (χ2n) is 3.43. The highest BCUT2D eigenvalue weighted by Gasteiger charge is 2.16. The number of nitrogens with one attached hydrogen (secondary N) is 1. The van der Waals surface area contributed by atoms with Crippen molar-refractivity contribution in [2.24, 2.45) is 5.92 Å². The van der Waals surface area contributed by atoms with Crippen molar-refractivity contribution in [3.8, 4) is 0 Å². The summed E-state index contributed by atoms with van der Waals surface area (Å²) in [7, 11) is 2.11. The third-order valence-electron chi connectivity index (χ3n) is 2.25. The molecule has 0 aromatic carbocycles. The molecule has 0 aromatic rings. The Labute approximate surface area is 78.1 Å². The van der Waals surface area contributed by atoms with Crippen LogP contribution in [-0.2, 0) is 0 Å². The minimum absolute atomic E-state index is 0.441. The first-order chi connectivity index (χ1) is 5.68. The zero-order valence-corrected chi connectivity index (χ0v) is 8.10. The normalized spacial score (nSPS) is 25.3. The standard InChI is InChI=1S/C8H15ClN2O/c1-11-4-2-3-7(6-11)5-10-8(9)12/h7H,2-6H2,1H3,(H,10,12). The molecule has 1 aliphatic rings. The number of hydrogen-bond acceptors (Lipinski definition) is 2. The number of rotatable bonds is 2. The third-order valence-corrected chi connectivity index (χ3v) is 2.39.